The smallest absolute Gasteiger partial charge is 0.133 e. The van der Waals surface area contributed by atoms with Crippen LogP contribution in [0.2, 0.25) is 0 Å². The summed E-state index contributed by atoms with van der Waals surface area (Å²) < 4.78 is 0. The fraction of sp³-hybridized carbons (Fsp3) is 0.875. The second-order valence-electron chi connectivity index (χ2n) is 10.7. The summed E-state index contributed by atoms with van der Waals surface area (Å²) in [4.78, 5) is 12.0. The predicted molar refractivity (Wildman–Crippen MR) is 104 cm³/mol. The zero-order valence-corrected chi connectivity index (χ0v) is 16.9. The maximum atomic E-state index is 12.0. The Kier molecular flexibility index (Phi) is 4.25. The predicted octanol–water partition coefficient (Wildman–Crippen LogP) is 6.57. The molecule has 4 fully saturated rings. The summed E-state index contributed by atoms with van der Waals surface area (Å²) in [6, 6.07) is 0. The molecule has 0 heterocycles. The fourth-order valence-electron chi connectivity index (χ4n) is 8.12. The van der Waals surface area contributed by atoms with Gasteiger partial charge in [-0.2, -0.15) is 0 Å². The molecule has 4 saturated carbocycles. The van der Waals surface area contributed by atoms with Crippen molar-refractivity contribution >= 4 is 5.78 Å². The largest absolute Gasteiger partial charge is 0.300 e. The zero-order valence-electron chi connectivity index (χ0n) is 16.9. The van der Waals surface area contributed by atoms with Gasteiger partial charge < -0.3 is 0 Å². The van der Waals surface area contributed by atoms with E-state index in [1.807, 2.05) is 0 Å². The summed E-state index contributed by atoms with van der Waals surface area (Å²) in [6.45, 7) is 9.96. The minimum Gasteiger partial charge on any atom is -0.300 e. The monoisotopic (exact) mass is 342 g/mol. The molecule has 0 spiro atoms. The third-order valence-electron chi connectivity index (χ3n) is 10.1. The normalized spacial score (nSPS) is 52.7. The second-order valence-corrected chi connectivity index (χ2v) is 10.7. The number of carbonyl (C=O) groups is 1. The third-order valence-corrected chi connectivity index (χ3v) is 10.1. The molecule has 140 valence electrons. The Bertz CT molecular complexity index is 577. The maximum Gasteiger partial charge on any atom is 0.133 e. The van der Waals surface area contributed by atoms with Crippen LogP contribution in [0.15, 0.2) is 12.2 Å². The molecule has 0 radical (unpaired) electrons. The minimum atomic E-state index is 0.459. The number of hydrogen-bond donors (Lipinski definition) is 0. The lowest BCUT2D eigenvalue weighted by molar-refractivity contribution is -0.142. The van der Waals surface area contributed by atoms with Gasteiger partial charge in [0.15, 0.2) is 0 Å². The number of fused-ring (bicyclic) bond motifs is 5. The van der Waals surface area contributed by atoms with Gasteiger partial charge in [0.1, 0.15) is 5.78 Å². The summed E-state index contributed by atoms with van der Waals surface area (Å²) in [6.07, 6.45) is 17.3. The molecule has 0 aromatic rings. The highest BCUT2D eigenvalue weighted by Gasteiger charge is 2.62. The van der Waals surface area contributed by atoms with E-state index in [0.29, 0.717) is 27.9 Å². The first kappa shape index (κ1) is 17.8. The van der Waals surface area contributed by atoms with E-state index in [1.165, 1.54) is 51.4 Å². The highest BCUT2D eigenvalue weighted by molar-refractivity contribution is 5.79. The van der Waals surface area contributed by atoms with Crippen molar-refractivity contribution in [2.45, 2.75) is 91.9 Å². The summed E-state index contributed by atoms with van der Waals surface area (Å²) in [7, 11) is 0. The van der Waals surface area contributed by atoms with Crippen LogP contribution in [0, 0.1) is 39.9 Å². The van der Waals surface area contributed by atoms with Crippen LogP contribution in [0.5, 0.6) is 0 Å². The van der Waals surface area contributed by atoms with Gasteiger partial charge >= 0.3 is 0 Å². The molecule has 25 heavy (non-hydrogen) atoms. The number of carbonyl (C=O) groups excluding carboxylic acids is 1. The van der Waals surface area contributed by atoms with Gasteiger partial charge in [-0.3, -0.25) is 4.79 Å². The quantitative estimate of drug-likeness (QED) is 0.519. The standard InChI is InChI=1S/C24H38O/c1-5-6-12-22(2)13-10-21-19-8-7-17-16-18(25)9-14-23(17,3)20(19)11-15-24(21,22)4/h5-6,17,19-21H,7-16H2,1-4H3/b6-5+/t17?,19?,20-,21-,22-,23-,24-/m0/s1. The van der Waals surface area contributed by atoms with E-state index in [0.717, 1.165) is 30.6 Å². The number of allylic oxidation sites excluding steroid dienone is 2. The molecule has 1 heteroatoms. The molecular weight excluding hydrogens is 304 g/mol. The van der Waals surface area contributed by atoms with Crippen LogP contribution in [0.1, 0.15) is 91.9 Å². The van der Waals surface area contributed by atoms with Crippen molar-refractivity contribution in [3.63, 3.8) is 0 Å². The van der Waals surface area contributed by atoms with Crippen LogP contribution in [0.3, 0.4) is 0 Å². The van der Waals surface area contributed by atoms with Crippen LogP contribution in [-0.4, -0.2) is 5.78 Å². The Balaban J connectivity index is 1.61. The molecule has 2 unspecified atom stereocenters. The molecule has 7 atom stereocenters. The Labute approximate surface area is 155 Å². The lowest BCUT2D eigenvalue weighted by Gasteiger charge is -2.61. The van der Waals surface area contributed by atoms with Gasteiger partial charge in [-0.25, -0.2) is 0 Å². The van der Waals surface area contributed by atoms with E-state index in [4.69, 9.17) is 0 Å². The Morgan fingerprint density at radius 1 is 1.00 bits per heavy atom. The van der Waals surface area contributed by atoms with Crippen LogP contribution in [-0.2, 0) is 4.79 Å². The average molecular weight is 343 g/mol. The first-order valence-electron chi connectivity index (χ1n) is 11.0. The topological polar surface area (TPSA) is 17.1 Å². The SMILES string of the molecule is C/C=C/C[C@@]1(C)CC[C@H]2C3CCC4CC(=O)CC[C@]4(C)[C@H]3CC[C@@]21C. The lowest BCUT2D eigenvalue weighted by atomic mass is 9.43. The second kappa shape index (κ2) is 5.96. The van der Waals surface area contributed by atoms with Gasteiger partial charge in [0.25, 0.3) is 0 Å². The van der Waals surface area contributed by atoms with Crippen molar-refractivity contribution in [3.8, 4) is 0 Å². The van der Waals surface area contributed by atoms with E-state index >= 15 is 0 Å². The molecule has 0 bridgehead atoms. The van der Waals surface area contributed by atoms with Gasteiger partial charge in [0.05, 0.1) is 0 Å². The van der Waals surface area contributed by atoms with Crippen LogP contribution < -0.4 is 0 Å². The first-order chi connectivity index (χ1) is 11.8. The molecule has 0 N–H and O–H groups in total. The van der Waals surface area contributed by atoms with Gasteiger partial charge in [0, 0.05) is 12.8 Å². The zero-order chi connectivity index (χ0) is 17.9. The molecule has 4 rings (SSSR count). The van der Waals surface area contributed by atoms with Crippen molar-refractivity contribution in [1.29, 1.82) is 0 Å². The Morgan fingerprint density at radius 3 is 2.52 bits per heavy atom. The number of hydrogen-bond acceptors (Lipinski definition) is 1. The van der Waals surface area contributed by atoms with Gasteiger partial charge in [-0.1, -0.05) is 32.9 Å². The van der Waals surface area contributed by atoms with Crippen LogP contribution >= 0.6 is 0 Å². The highest BCUT2D eigenvalue weighted by atomic mass is 16.1. The van der Waals surface area contributed by atoms with Gasteiger partial charge in [-0.15, -0.1) is 0 Å². The summed E-state index contributed by atoms with van der Waals surface area (Å²) in [5.74, 6) is 3.98. The highest BCUT2D eigenvalue weighted by Crippen LogP contribution is 2.70. The summed E-state index contributed by atoms with van der Waals surface area (Å²) >= 11 is 0. The molecule has 1 nitrogen and oxygen atoms in total. The fourth-order valence-corrected chi connectivity index (χ4v) is 8.12. The minimum absolute atomic E-state index is 0.459. The lowest BCUT2D eigenvalue weighted by Crippen LogP contribution is -2.54. The Hall–Kier alpha value is -0.590. The van der Waals surface area contributed by atoms with Crippen LogP contribution in [0.4, 0.5) is 0 Å². The van der Waals surface area contributed by atoms with Crippen molar-refractivity contribution in [3.05, 3.63) is 12.2 Å². The van der Waals surface area contributed by atoms with Crippen molar-refractivity contribution in [2.24, 2.45) is 39.9 Å². The van der Waals surface area contributed by atoms with Crippen LogP contribution in [0.25, 0.3) is 0 Å². The molecular formula is C24H38O. The van der Waals surface area contributed by atoms with Gasteiger partial charge in [-0.05, 0) is 98.2 Å². The first-order valence-corrected chi connectivity index (χ1v) is 11.0. The molecule has 0 aromatic heterocycles. The third kappa shape index (κ3) is 2.43. The summed E-state index contributed by atoms with van der Waals surface area (Å²) in [5, 5.41) is 0. The van der Waals surface area contributed by atoms with Crippen molar-refractivity contribution < 1.29 is 4.79 Å². The molecule has 4 aliphatic carbocycles. The Morgan fingerprint density at radius 2 is 1.76 bits per heavy atom. The number of rotatable bonds is 2. The molecule has 0 saturated heterocycles. The molecule has 0 aliphatic heterocycles. The molecule has 0 amide bonds. The van der Waals surface area contributed by atoms with E-state index < -0.39 is 0 Å². The number of Topliss-reactive ketones (excluding diaryl/α,β-unsaturated/α-hetero) is 1. The maximum absolute atomic E-state index is 12.0. The van der Waals surface area contributed by atoms with E-state index in [-0.39, 0.29) is 0 Å². The van der Waals surface area contributed by atoms with E-state index in [9.17, 15) is 4.79 Å². The van der Waals surface area contributed by atoms with Gasteiger partial charge in [0.2, 0.25) is 0 Å². The molecule has 4 aliphatic rings. The van der Waals surface area contributed by atoms with Crippen molar-refractivity contribution in [2.75, 3.05) is 0 Å². The van der Waals surface area contributed by atoms with E-state index in [1.54, 1.807) is 0 Å². The summed E-state index contributed by atoms with van der Waals surface area (Å²) in [5.41, 5.74) is 1.48. The molecule has 0 aromatic carbocycles. The van der Waals surface area contributed by atoms with E-state index in [2.05, 4.69) is 39.8 Å². The van der Waals surface area contributed by atoms with Crippen molar-refractivity contribution in [1.82, 2.24) is 0 Å². The number of ketones is 1. The average Bonchev–Trinajstić information content (AvgIpc) is 2.85.